The van der Waals surface area contributed by atoms with Crippen LogP contribution in [0.3, 0.4) is 0 Å². The summed E-state index contributed by atoms with van der Waals surface area (Å²) in [4.78, 5) is 15.2. The normalized spacial score (nSPS) is 22.7. The lowest BCUT2D eigenvalue weighted by Crippen LogP contribution is -2.55. The zero-order chi connectivity index (χ0) is 36.8. The van der Waals surface area contributed by atoms with Gasteiger partial charge < -0.3 is 0 Å². The molecule has 268 valence electrons. The van der Waals surface area contributed by atoms with Gasteiger partial charge in [0.05, 0.1) is 0 Å². The minimum Gasteiger partial charge on any atom is -0.208 e. The maximum Gasteiger partial charge on any atom is 0.164 e. The lowest BCUT2D eigenvalue weighted by molar-refractivity contribution is -0.0399. The monoisotopic (exact) mass is 719 g/mol. The van der Waals surface area contributed by atoms with E-state index in [0.717, 1.165) is 45.7 Å². The van der Waals surface area contributed by atoms with Crippen LogP contribution in [0, 0.1) is 23.7 Å². The molecule has 3 nitrogen and oxygen atoms in total. The number of nitrogens with zero attached hydrogens (tertiary/aromatic N) is 3. The Balaban J connectivity index is 0.920. The standard InChI is InChI=1S/C53H41N3/c1-3-9-35(10-4-1)40-21-17-37-18-22-42(31-43(37)30-40)52-55-50(38-11-5-2-6-12-38)54-51(56-52)39-19-15-36(16-20-39)41-23-24-49-47(32-41)46-13-7-8-14-48(46)53(49)44-26-33-25-34(28-44)29-45(53)27-33/h1-24,30-34,44-45H,25-29H2. The summed E-state index contributed by atoms with van der Waals surface area (Å²) in [5.41, 5.74) is 14.1. The van der Waals surface area contributed by atoms with E-state index >= 15 is 0 Å². The Kier molecular flexibility index (Phi) is 7.11. The van der Waals surface area contributed by atoms with E-state index in [-0.39, 0.29) is 5.41 Å². The van der Waals surface area contributed by atoms with Gasteiger partial charge in [0.1, 0.15) is 0 Å². The third kappa shape index (κ3) is 4.93. The number of fused-ring (bicyclic) bond motifs is 4. The summed E-state index contributed by atoms with van der Waals surface area (Å²) in [7, 11) is 0. The van der Waals surface area contributed by atoms with Crippen LogP contribution in [0.15, 0.2) is 164 Å². The Hall–Kier alpha value is -6.19. The molecule has 1 spiro atoms. The molecule has 0 atom stereocenters. The van der Waals surface area contributed by atoms with Gasteiger partial charge in [-0.25, -0.2) is 15.0 Å². The van der Waals surface area contributed by atoms with Gasteiger partial charge in [0.25, 0.3) is 0 Å². The molecule has 1 aromatic heterocycles. The fraction of sp³-hybridized carbons (Fsp3) is 0.189. The van der Waals surface area contributed by atoms with Crippen molar-refractivity contribution in [1.82, 2.24) is 15.0 Å². The quantitative estimate of drug-likeness (QED) is 0.178. The SMILES string of the molecule is c1ccc(-c2ccc3ccc(-c4nc(-c5ccccc5)nc(-c5ccc(-c6ccc7c(c6)-c6ccccc6C76C7CC8CC(C7)CC6C8)cc5)n4)cc3c2)cc1. The minimum atomic E-state index is 0.198. The fourth-order valence-corrected chi connectivity index (χ4v) is 11.7. The van der Waals surface area contributed by atoms with Crippen LogP contribution in [0.5, 0.6) is 0 Å². The number of hydrogen-bond acceptors (Lipinski definition) is 3. The number of rotatable bonds is 5. The third-order valence-electron chi connectivity index (χ3n) is 13.9. The number of benzene rings is 7. The van der Waals surface area contributed by atoms with Crippen molar-refractivity contribution >= 4 is 10.8 Å². The maximum atomic E-state index is 5.12. The zero-order valence-corrected chi connectivity index (χ0v) is 31.3. The van der Waals surface area contributed by atoms with E-state index in [9.17, 15) is 0 Å². The molecular weight excluding hydrogens is 679 g/mol. The molecule has 1 heterocycles. The van der Waals surface area contributed by atoms with Crippen molar-refractivity contribution < 1.29 is 0 Å². The maximum absolute atomic E-state index is 5.12. The van der Waals surface area contributed by atoms with Gasteiger partial charge in [0, 0.05) is 22.1 Å². The molecule has 0 N–H and O–H groups in total. The molecule has 0 saturated heterocycles. The van der Waals surface area contributed by atoms with E-state index in [1.807, 2.05) is 18.2 Å². The molecule has 5 aliphatic carbocycles. The van der Waals surface area contributed by atoms with Crippen LogP contribution >= 0.6 is 0 Å². The summed E-state index contributed by atoms with van der Waals surface area (Å²) in [5, 5.41) is 2.34. The van der Waals surface area contributed by atoms with E-state index in [2.05, 4.69) is 146 Å². The minimum absolute atomic E-state index is 0.198. The average molecular weight is 720 g/mol. The van der Waals surface area contributed by atoms with Crippen LogP contribution in [0.1, 0.15) is 43.2 Å². The zero-order valence-electron chi connectivity index (χ0n) is 31.3. The van der Waals surface area contributed by atoms with Crippen LogP contribution in [-0.2, 0) is 5.41 Å². The molecule has 0 aliphatic heterocycles. The van der Waals surface area contributed by atoms with Crippen LogP contribution in [-0.4, -0.2) is 15.0 Å². The van der Waals surface area contributed by atoms with E-state index in [0.29, 0.717) is 17.5 Å². The van der Waals surface area contributed by atoms with Gasteiger partial charge in [-0.1, -0.05) is 146 Å². The number of aromatic nitrogens is 3. The van der Waals surface area contributed by atoms with Gasteiger partial charge in [-0.05, 0) is 129 Å². The van der Waals surface area contributed by atoms with Gasteiger partial charge in [0.15, 0.2) is 17.5 Å². The summed E-state index contributed by atoms with van der Waals surface area (Å²) in [5.74, 6) is 5.46. The van der Waals surface area contributed by atoms with Crippen LogP contribution in [0.4, 0.5) is 0 Å². The van der Waals surface area contributed by atoms with Gasteiger partial charge in [-0.2, -0.15) is 0 Å². The summed E-state index contributed by atoms with van der Waals surface area (Å²) >= 11 is 0. The Morgan fingerprint density at radius 3 is 1.50 bits per heavy atom. The predicted molar refractivity (Wildman–Crippen MR) is 228 cm³/mol. The van der Waals surface area contributed by atoms with Crippen molar-refractivity contribution in [3.05, 3.63) is 175 Å². The van der Waals surface area contributed by atoms with Crippen LogP contribution < -0.4 is 0 Å². The second-order valence-corrected chi connectivity index (χ2v) is 16.9. The molecule has 13 rings (SSSR count). The average Bonchev–Trinajstić information content (AvgIpc) is 3.55. The summed E-state index contributed by atoms with van der Waals surface area (Å²) in [6, 6.07) is 59.5. The molecule has 5 aliphatic rings. The van der Waals surface area contributed by atoms with Crippen LogP contribution in [0.25, 0.3) is 78.3 Å². The van der Waals surface area contributed by atoms with Crippen molar-refractivity contribution in [2.45, 2.75) is 37.5 Å². The highest BCUT2D eigenvalue weighted by Gasteiger charge is 2.61. The van der Waals surface area contributed by atoms with Crippen molar-refractivity contribution in [2.75, 3.05) is 0 Å². The topological polar surface area (TPSA) is 38.7 Å². The van der Waals surface area contributed by atoms with Crippen molar-refractivity contribution in [2.24, 2.45) is 23.7 Å². The predicted octanol–water partition coefficient (Wildman–Crippen LogP) is 13.1. The van der Waals surface area contributed by atoms with Crippen molar-refractivity contribution in [3.63, 3.8) is 0 Å². The highest BCUT2D eigenvalue weighted by Crippen LogP contribution is 2.69. The Bertz CT molecular complexity index is 2780. The Labute approximate surface area is 328 Å². The van der Waals surface area contributed by atoms with Crippen molar-refractivity contribution in [1.29, 1.82) is 0 Å². The Morgan fingerprint density at radius 2 is 0.804 bits per heavy atom. The van der Waals surface area contributed by atoms with E-state index in [1.165, 1.54) is 70.9 Å². The molecule has 4 saturated carbocycles. The van der Waals surface area contributed by atoms with Crippen LogP contribution in [0.2, 0.25) is 0 Å². The summed E-state index contributed by atoms with van der Waals surface area (Å²) in [6.45, 7) is 0. The number of hydrogen-bond donors (Lipinski definition) is 0. The first-order valence-electron chi connectivity index (χ1n) is 20.4. The molecule has 56 heavy (non-hydrogen) atoms. The molecule has 3 heteroatoms. The molecule has 0 amide bonds. The second-order valence-electron chi connectivity index (χ2n) is 16.9. The van der Waals surface area contributed by atoms with E-state index in [4.69, 9.17) is 15.0 Å². The third-order valence-corrected chi connectivity index (χ3v) is 13.9. The smallest absolute Gasteiger partial charge is 0.164 e. The molecule has 7 aromatic carbocycles. The summed E-state index contributed by atoms with van der Waals surface area (Å²) < 4.78 is 0. The van der Waals surface area contributed by atoms with Crippen molar-refractivity contribution in [3.8, 4) is 67.5 Å². The molecule has 8 aromatic rings. The first-order chi connectivity index (χ1) is 27.7. The fourth-order valence-electron chi connectivity index (χ4n) is 11.7. The molecule has 0 unspecified atom stereocenters. The molecule has 0 radical (unpaired) electrons. The first kappa shape index (κ1) is 32.1. The highest BCUT2D eigenvalue weighted by molar-refractivity contribution is 5.91. The van der Waals surface area contributed by atoms with E-state index < -0.39 is 0 Å². The lowest BCUT2D eigenvalue weighted by Gasteiger charge is -2.61. The highest BCUT2D eigenvalue weighted by atomic mass is 15.0. The van der Waals surface area contributed by atoms with Gasteiger partial charge in [-0.15, -0.1) is 0 Å². The van der Waals surface area contributed by atoms with E-state index in [1.54, 1.807) is 11.1 Å². The van der Waals surface area contributed by atoms with Gasteiger partial charge >= 0.3 is 0 Å². The lowest BCUT2D eigenvalue weighted by atomic mass is 9.43. The summed E-state index contributed by atoms with van der Waals surface area (Å²) in [6.07, 6.45) is 7.11. The molecule has 4 fully saturated rings. The molecule has 4 bridgehead atoms. The van der Waals surface area contributed by atoms with Gasteiger partial charge in [0.2, 0.25) is 0 Å². The first-order valence-corrected chi connectivity index (χ1v) is 20.4. The largest absolute Gasteiger partial charge is 0.208 e. The second kappa shape index (κ2) is 12.4. The molecular formula is C53H41N3. The van der Waals surface area contributed by atoms with Gasteiger partial charge in [-0.3, -0.25) is 0 Å². The Morgan fingerprint density at radius 1 is 0.339 bits per heavy atom.